The van der Waals surface area contributed by atoms with Gasteiger partial charge in [-0.3, -0.25) is 4.79 Å². The average molecular weight is 464 g/mol. The predicted molar refractivity (Wildman–Crippen MR) is 123 cm³/mol. The van der Waals surface area contributed by atoms with Gasteiger partial charge < -0.3 is 15.2 Å². The van der Waals surface area contributed by atoms with Crippen LogP contribution in [0.25, 0.3) is 0 Å². The summed E-state index contributed by atoms with van der Waals surface area (Å²) < 4.78 is 21.6. The smallest absolute Gasteiger partial charge is 0.303 e. The van der Waals surface area contributed by atoms with Gasteiger partial charge in [0.2, 0.25) is 5.88 Å². The number of ether oxygens (including phenoxy) is 1. The number of aliphatic carboxylic acids is 1. The number of carboxylic acid groups (broad SMARTS) is 1. The zero-order valence-corrected chi connectivity index (χ0v) is 18.9. The van der Waals surface area contributed by atoms with E-state index in [9.17, 15) is 14.3 Å². The molecule has 0 saturated heterocycles. The van der Waals surface area contributed by atoms with Crippen molar-refractivity contribution >= 4 is 11.8 Å². The van der Waals surface area contributed by atoms with Crippen LogP contribution in [-0.4, -0.2) is 39.0 Å². The van der Waals surface area contributed by atoms with Crippen molar-refractivity contribution in [1.82, 2.24) is 14.8 Å². The maximum absolute atomic E-state index is 14.1. The van der Waals surface area contributed by atoms with Crippen molar-refractivity contribution in [1.29, 1.82) is 5.26 Å². The molecule has 3 aromatic rings. The highest BCUT2D eigenvalue weighted by Gasteiger charge is 2.20. The summed E-state index contributed by atoms with van der Waals surface area (Å²) in [7, 11) is 1.76. The van der Waals surface area contributed by atoms with Crippen LogP contribution < -0.4 is 10.1 Å². The minimum atomic E-state index is -0.991. The first-order chi connectivity index (χ1) is 16.4. The van der Waals surface area contributed by atoms with Crippen LogP contribution in [0.15, 0.2) is 36.4 Å². The molecule has 9 heteroatoms. The molecular weight excluding hydrogens is 437 g/mol. The van der Waals surface area contributed by atoms with Crippen LogP contribution in [0, 0.1) is 17.1 Å². The number of halogens is 1. The van der Waals surface area contributed by atoms with Gasteiger partial charge in [-0.05, 0) is 48.6 Å². The van der Waals surface area contributed by atoms with Crippen LogP contribution in [0.4, 0.5) is 10.2 Å². The average Bonchev–Trinajstić information content (AvgIpc) is 3.17. The Balaban J connectivity index is 1.41. The van der Waals surface area contributed by atoms with Crippen molar-refractivity contribution in [3.8, 4) is 11.9 Å². The molecule has 0 saturated carbocycles. The summed E-state index contributed by atoms with van der Waals surface area (Å²) in [6, 6.07) is 11.9. The molecule has 2 N–H and O–H groups in total. The zero-order valence-electron chi connectivity index (χ0n) is 18.9. The van der Waals surface area contributed by atoms with Crippen LogP contribution in [0.5, 0.6) is 5.88 Å². The summed E-state index contributed by atoms with van der Waals surface area (Å²) in [5.74, 6) is -0.628. The Morgan fingerprint density at radius 3 is 2.94 bits per heavy atom. The highest BCUT2D eigenvalue weighted by atomic mass is 19.1. The molecule has 34 heavy (non-hydrogen) atoms. The van der Waals surface area contributed by atoms with Crippen molar-refractivity contribution in [3.05, 3.63) is 70.3 Å². The van der Waals surface area contributed by atoms with Gasteiger partial charge in [0.1, 0.15) is 17.7 Å². The number of rotatable bonds is 9. The second-order valence-electron chi connectivity index (χ2n) is 8.39. The third kappa shape index (κ3) is 5.52. The third-order valence-electron chi connectivity index (χ3n) is 5.91. The monoisotopic (exact) mass is 463 g/mol. The SMILES string of the molecule is Cn1nc(CC(CC(=O)O)c2ccc(C#N)c(F)c2)cc1OCCc1ccc2c(n1)NCCC2. The van der Waals surface area contributed by atoms with E-state index >= 15 is 0 Å². The normalized spacial score (nSPS) is 13.4. The lowest BCUT2D eigenvalue weighted by Crippen LogP contribution is -2.14. The molecule has 176 valence electrons. The Morgan fingerprint density at radius 2 is 2.18 bits per heavy atom. The molecule has 1 aliphatic rings. The van der Waals surface area contributed by atoms with Crippen LogP contribution in [0.2, 0.25) is 0 Å². The summed E-state index contributed by atoms with van der Waals surface area (Å²) in [4.78, 5) is 16.1. The molecule has 0 radical (unpaired) electrons. The van der Waals surface area contributed by atoms with E-state index in [-0.39, 0.29) is 12.0 Å². The van der Waals surface area contributed by atoms with Crippen LogP contribution in [0.3, 0.4) is 0 Å². The van der Waals surface area contributed by atoms with Crippen molar-refractivity contribution in [2.24, 2.45) is 7.05 Å². The number of pyridine rings is 1. The molecule has 0 spiro atoms. The second kappa shape index (κ2) is 10.3. The number of carboxylic acids is 1. The Labute approximate surface area is 197 Å². The molecule has 8 nitrogen and oxygen atoms in total. The summed E-state index contributed by atoms with van der Waals surface area (Å²) in [6.45, 7) is 1.36. The molecule has 1 atom stereocenters. The van der Waals surface area contributed by atoms with Crippen molar-refractivity contribution in [2.45, 2.75) is 38.0 Å². The third-order valence-corrected chi connectivity index (χ3v) is 5.91. The number of fused-ring (bicyclic) bond motifs is 1. The minimum absolute atomic E-state index is 0.0736. The first-order valence-corrected chi connectivity index (χ1v) is 11.2. The van der Waals surface area contributed by atoms with Crippen molar-refractivity contribution in [2.75, 3.05) is 18.5 Å². The fraction of sp³-hybridized carbons (Fsp3) is 0.360. The van der Waals surface area contributed by atoms with Crippen molar-refractivity contribution < 1.29 is 19.0 Å². The molecule has 0 fully saturated rings. The van der Waals surface area contributed by atoms with Crippen LogP contribution in [0.1, 0.15) is 46.8 Å². The summed E-state index contributed by atoms with van der Waals surface area (Å²) in [5, 5.41) is 26.1. The van der Waals surface area contributed by atoms with E-state index in [4.69, 9.17) is 10.00 Å². The molecule has 2 aromatic heterocycles. The topological polar surface area (TPSA) is 113 Å². The molecule has 1 aliphatic heterocycles. The molecule has 4 rings (SSSR count). The maximum Gasteiger partial charge on any atom is 0.303 e. The zero-order chi connectivity index (χ0) is 24.1. The number of aromatic nitrogens is 3. The number of nitriles is 1. The first kappa shape index (κ1) is 23.2. The number of benzene rings is 1. The minimum Gasteiger partial charge on any atom is -0.481 e. The van der Waals surface area contributed by atoms with E-state index in [1.54, 1.807) is 29.9 Å². The van der Waals surface area contributed by atoms with Gasteiger partial charge in [0.25, 0.3) is 0 Å². The molecule has 0 bridgehead atoms. The van der Waals surface area contributed by atoms with Gasteiger partial charge >= 0.3 is 5.97 Å². The fourth-order valence-electron chi connectivity index (χ4n) is 4.16. The summed E-state index contributed by atoms with van der Waals surface area (Å²) in [5.41, 5.74) is 3.27. The summed E-state index contributed by atoms with van der Waals surface area (Å²) in [6.07, 6.45) is 2.92. The first-order valence-electron chi connectivity index (χ1n) is 11.2. The van der Waals surface area contributed by atoms with E-state index in [2.05, 4.69) is 21.5 Å². The maximum atomic E-state index is 14.1. The van der Waals surface area contributed by atoms with Gasteiger partial charge in [0, 0.05) is 37.7 Å². The standard InChI is InChI=1S/C25H26FN5O3/c1-31-23(34-10-8-20-7-6-16-3-2-9-28-25(16)29-20)14-21(30-31)11-19(13-24(32)33)17-4-5-18(15-27)22(26)12-17/h4-7,12,14,19H,2-3,8-11,13H2,1H3,(H,28,29)(H,32,33). The van der Waals surface area contributed by atoms with Gasteiger partial charge in [-0.2, -0.15) is 10.4 Å². The largest absolute Gasteiger partial charge is 0.481 e. The van der Waals surface area contributed by atoms with Gasteiger partial charge in [-0.25, -0.2) is 14.1 Å². The van der Waals surface area contributed by atoms with Crippen LogP contribution >= 0.6 is 0 Å². The number of anilines is 1. The number of nitrogens with zero attached hydrogens (tertiary/aromatic N) is 4. The molecule has 1 aromatic carbocycles. The number of aryl methyl sites for hydroxylation is 2. The highest BCUT2D eigenvalue weighted by Crippen LogP contribution is 2.27. The van der Waals surface area contributed by atoms with Crippen LogP contribution in [-0.2, 0) is 31.1 Å². The second-order valence-corrected chi connectivity index (χ2v) is 8.39. The van der Waals surface area contributed by atoms with Gasteiger partial charge in [-0.15, -0.1) is 0 Å². The van der Waals surface area contributed by atoms with E-state index in [1.165, 1.54) is 17.7 Å². The van der Waals surface area contributed by atoms with Crippen molar-refractivity contribution in [3.63, 3.8) is 0 Å². The Bertz CT molecular complexity index is 1230. The molecule has 1 unspecified atom stereocenters. The number of carbonyl (C=O) groups is 1. The number of hydrogen-bond acceptors (Lipinski definition) is 6. The Morgan fingerprint density at radius 1 is 1.32 bits per heavy atom. The lowest BCUT2D eigenvalue weighted by Gasteiger charge is -2.17. The van der Waals surface area contributed by atoms with Gasteiger partial charge in [-0.1, -0.05) is 12.1 Å². The highest BCUT2D eigenvalue weighted by molar-refractivity contribution is 5.68. The summed E-state index contributed by atoms with van der Waals surface area (Å²) >= 11 is 0. The quantitative estimate of drug-likeness (QED) is 0.498. The van der Waals surface area contributed by atoms with E-state index in [0.717, 1.165) is 30.9 Å². The van der Waals surface area contributed by atoms with Gasteiger partial charge in [0.15, 0.2) is 0 Å². The van der Waals surface area contributed by atoms with Gasteiger partial charge in [0.05, 0.1) is 24.3 Å². The van der Waals surface area contributed by atoms with E-state index in [1.807, 2.05) is 6.07 Å². The molecule has 0 aliphatic carbocycles. The fourth-order valence-corrected chi connectivity index (χ4v) is 4.16. The molecule has 0 amide bonds. The van der Waals surface area contributed by atoms with E-state index in [0.29, 0.717) is 36.6 Å². The number of nitrogens with one attached hydrogen (secondary N) is 1. The Hall–Kier alpha value is -3.93. The molecular formula is C25H26FN5O3. The lowest BCUT2D eigenvalue weighted by atomic mass is 9.90. The number of hydrogen-bond donors (Lipinski definition) is 2. The Kier molecular flexibility index (Phi) is 7.07. The molecule has 3 heterocycles. The lowest BCUT2D eigenvalue weighted by molar-refractivity contribution is -0.137. The van der Waals surface area contributed by atoms with E-state index < -0.39 is 17.7 Å². The predicted octanol–water partition coefficient (Wildman–Crippen LogP) is 3.61.